The van der Waals surface area contributed by atoms with Crippen molar-refractivity contribution < 1.29 is 14.1 Å². The third kappa shape index (κ3) is 3.73. The number of nitrogens with zero attached hydrogens (tertiary/aromatic N) is 2. The van der Waals surface area contributed by atoms with Crippen LogP contribution >= 0.6 is 0 Å². The molecule has 3 rings (SSSR count). The molecule has 1 aromatic heterocycles. The number of hydrogen-bond acceptors (Lipinski definition) is 4. The quantitative estimate of drug-likeness (QED) is 0.851. The van der Waals surface area contributed by atoms with Gasteiger partial charge in [0.15, 0.2) is 0 Å². The van der Waals surface area contributed by atoms with Gasteiger partial charge in [-0.3, -0.25) is 4.79 Å². The van der Waals surface area contributed by atoms with Gasteiger partial charge in [-0.15, -0.1) is 0 Å². The molecule has 1 fully saturated rings. The number of aryl methyl sites for hydroxylation is 2. The fraction of sp³-hybridized carbons (Fsp3) is 0.444. The van der Waals surface area contributed by atoms with E-state index < -0.39 is 0 Å². The van der Waals surface area contributed by atoms with E-state index in [1.165, 1.54) is 0 Å². The Bertz CT molecular complexity index is 651. The lowest BCUT2D eigenvalue weighted by Crippen LogP contribution is -2.28. The zero-order chi connectivity index (χ0) is 16.2. The zero-order valence-electron chi connectivity index (χ0n) is 13.7. The van der Waals surface area contributed by atoms with Crippen molar-refractivity contribution >= 4 is 5.91 Å². The number of likely N-dealkylation sites (tertiary alicyclic amines) is 1. The lowest BCUT2D eigenvalue weighted by Gasteiger charge is -2.15. The van der Waals surface area contributed by atoms with Crippen LogP contribution in [-0.2, 0) is 17.8 Å². The SMILES string of the molecule is Cc1noc(C)c1COc1ccc(CC(=O)N2CCCC2)cc1. The molecule has 1 aliphatic rings. The van der Waals surface area contributed by atoms with Crippen LogP contribution in [0.2, 0.25) is 0 Å². The van der Waals surface area contributed by atoms with E-state index in [2.05, 4.69) is 5.16 Å². The van der Waals surface area contributed by atoms with E-state index in [0.717, 1.165) is 54.3 Å². The summed E-state index contributed by atoms with van der Waals surface area (Å²) in [5.74, 6) is 1.78. The fourth-order valence-corrected chi connectivity index (χ4v) is 2.82. The molecule has 0 atom stereocenters. The number of benzene rings is 1. The molecule has 122 valence electrons. The Labute approximate surface area is 136 Å². The monoisotopic (exact) mass is 314 g/mol. The number of amides is 1. The summed E-state index contributed by atoms with van der Waals surface area (Å²) in [6, 6.07) is 7.73. The summed E-state index contributed by atoms with van der Waals surface area (Å²) >= 11 is 0. The van der Waals surface area contributed by atoms with Crippen molar-refractivity contribution in [2.45, 2.75) is 39.7 Å². The highest BCUT2D eigenvalue weighted by Gasteiger charge is 2.17. The third-order valence-corrected chi connectivity index (χ3v) is 4.30. The summed E-state index contributed by atoms with van der Waals surface area (Å²) in [5.41, 5.74) is 2.86. The molecule has 1 saturated heterocycles. The van der Waals surface area contributed by atoms with Gasteiger partial charge in [-0.1, -0.05) is 17.3 Å². The Kier molecular flexibility index (Phi) is 4.65. The highest BCUT2D eigenvalue weighted by atomic mass is 16.5. The van der Waals surface area contributed by atoms with Gasteiger partial charge in [-0.25, -0.2) is 0 Å². The second kappa shape index (κ2) is 6.86. The summed E-state index contributed by atoms with van der Waals surface area (Å²) in [6.45, 7) is 6.02. The normalized spacial score (nSPS) is 14.3. The molecule has 1 aliphatic heterocycles. The molecule has 0 radical (unpaired) electrons. The van der Waals surface area contributed by atoms with Gasteiger partial charge in [0.2, 0.25) is 5.91 Å². The molecule has 0 spiro atoms. The molecule has 0 saturated carbocycles. The molecular formula is C18H22N2O3. The van der Waals surface area contributed by atoms with Crippen LogP contribution in [-0.4, -0.2) is 29.1 Å². The highest BCUT2D eigenvalue weighted by molar-refractivity contribution is 5.79. The smallest absolute Gasteiger partial charge is 0.226 e. The number of carbonyl (C=O) groups excluding carboxylic acids is 1. The first-order valence-electron chi connectivity index (χ1n) is 8.05. The van der Waals surface area contributed by atoms with Crippen LogP contribution in [0.25, 0.3) is 0 Å². The molecule has 0 N–H and O–H groups in total. The van der Waals surface area contributed by atoms with Gasteiger partial charge in [0.05, 0.1) is 17.7 Å². The molecule has 0 unspecified atom stereocenters. The van der Waals surface area contributed by atoms with Crippen LogP contribution in [0.3, 0.4) is 0 Å². The number of ether oxygens (including phenoxy) is 1. The molecule has 2 heterocycles. The second-order valence-electron chi connectivity index (χ2n) is 6.00. The minimum absolute atomic E-state index is 0.215. The maximum absolute atomic E-state index is 12.1. The number of carbonyl (C=O) groups is 1. The standard InChI is InChI=1S/C18H22N2O3/c1-13-17(14(2)23-19-13)12-22-16-7-5-15(6-8-16)11-18(21)20-9-3-4-10-20/h5-8H,3-4,9-12H2,1-2H3. The van der Waals surface area contributed by atoms with Crippen LogP contribution in [0, 0.1) is 13.8 Å². The predicted octanol–water partition coefficient (Wildman–Crippen LogP) is 3.04. The van der Waals surface area contributed by atoms with E-state index in [0.29, 0.717) is 13.0 Å². The second-order valence-corrected chi connectivity index (χ2v) is 6.00. The molecule has 1 aromatic carbocycles. The summed E-state index contributed by atoms with van der Waals surface area (Å²) < 4.78 is 10.9. The van der Waals surface area contributed by atoms with Gasteiger partial charge in [0, 0.05) is 13.1 Å². The van der Waals surface area contributed by atoms with E-state index in [-0.39, 0.29) is 5.91 Å². The number of rotatable bonds is 5. The first-order valence-corrected chi connectivity index (χ1v) is 8.05. The molecule has 0 aliphatic carbocycles. The van der Waals surface area contributed by atoms with Crippen molar-refractivity contribution in [3.05, 3.63) is 46.8 Å². The number of aromatic nitrogens is 1. The predicted molar refractivity (Wildman–Crippen MR) is 86.3 cm³/mol. The largest absolute Gasteiger partial charge is 0.489 e. The first-order chi connectivity index (χ1) is 11.1. The van der Waals surface area contributed by atoms with Gasteiger partial charge in [0.1, 0.15) is 18.1 Å². The lowest BCUT2D eigenvalue weighted by atomic mass is 10.1. The maximum atomic E-state index is 12.1. The van der Waals surface area contributed by atoms with Crippen LogP contribution in [0.5, 0.6) is 5.75 Å². The summed E-state index contributed by atoms with van der Waals surface area (Å²) in [6.07, 6.45) is 2.71. The van der Waals surface area contributed by atoms with E-state index in [1.807, 2.05) is 43.0 Å². The third-order valence-electron chi connectivity index (χ3n) is 4.30. The van der Waals surface area contributed by atoms with E-state index >= 15 is 0 Å². The average Bonchev–Trinajstić information content (AvgIpc) is 3.18. The average molecular weight is 314 g/mol. The van der Waals surface area contributed by atoms with E-state index in [1.54, 1.807) is 0 Å². The fourth-order valence-electron chi connectivity index (χ4n) is 2.82. The number of hydrogen-bond donors (Lipinski definition) is 0. The summed E-state index contributed by atoms with van der Waals surface area (Å²) in [5, 5.41) is 3.92. The molecule has 5 heteroatoms. The maximum Gasteiger partial charge on any atom is 0.226 e. The van der Waals surface area contributed by atoms with Crippen molar-refractivity contribution in [3.63, 3.8) is 0 Å². The highest BCUT2D eigenvalue weighted by Crippen LogP contribution is 2.18. The van der Waals surface area contributed by atoms with E-state index in [4.69, 9.17) is 9.26 Å². The topological polar surface area (TPSA) is 55.6 Å². The Balaban J connectivity index is 1.55. The Morgan fingerprint density at radius 3 is 2.52 bits per heavy atom. The van der Waals surface area contributed by atoms with Crippen molar-refractivity contribution in [2.24, 2.45) is 0 Å². The van der Waals surface area contributed by atoms with Crippen molar-refractivity contribution in [2.75, 3.05) is 13.1 Å². The van der Waals surface area contributed by atoms with Crippen LogP contribution in [0.15, 0.2) is 28.8 Å². The van der Waals surface area contributed by atoms with Crippen LogP contribution < -0.4 is 4.74 Å². The summed E-state index contributed by atoms with van der Waals surface area (Å²) in [7, 11) is 0. The van der Waals surface area contributed by atoms with Crippen LogP contribution in [0.4, 0.5) is 0 Å². The van der Waals surface area contributed by atoms with Gasteiger partial charge in [-0.2, -0.15) is 0 Å². The molecule has 1 amide bonds. The minimum atomic E-state index is 0.215. The lowest BCUT2D eigenvalue weighted by molar-refractivity contribution is -0.129. The van der Waals surface area contributed by atoms with Gasteiger partial charge in [-0.05, 0) is 44.4 Å². The van der Waals surface area contributed by atoms with Gasteiger partial charge >= 0.3 is 0 Å². The van der Waals surface area contributed by atoms with Gasteiger partial charge < -0.3 is 14.2 Å². The zero-order valence-corrected chi connectivity index (χ0v) is 13.7. The minimum Gasteiger partial charge on any atom is -0.489 e. The van der Waals surface area contributed by atoms with Crippen molar-refractivity contribution in [1.82, 2.24) is 10.1 Å². The van der Waals surface area contributed by atoms with Crippen molar-refractivity contribution in [3.8, 4) is 5.75 Å². The molecule has 0 bridgehead atoms. The van der Waals surface area contributed by atoms with E-state index in [9.17, 15) is 4.79 Å². The van der Waals surface area contributed by atoms with Crippen LogP contribution in [0.1, 0.15) is 35.4 Å². The first kappa shape index (κ1) is 15.6. The molecule has 5 nitrogen and oxygen atoms in total. The Morgan fingerprint density at radius 2 is 1.91 bits per heavy atom. The Morgan fingerprint density at radius 1 is 1.22 bits per heavy atom. The summed E-state index contributed by atoms with van der Waals surface area (Å²) in [4.78, 5) is 14.1. The Hall–Kier alpha value is -2.30. The van der Waals surface area contributed by atoms with Crippen molar-refractivity contribution in [1.29, 1.82) is 0 Å². The molecule has 23 heavy (non-hydrogen) atoms. The molecule has 2 aromatic rings. The molecular weight excluding hydrogens is 292 g/mol. The van der Waals surface area contributed by atoms with Gasteiger partial charge in [0.25, 0.3) is 0 Å².